The van der Waals surface area contributed by atoms with Crippen molar-refractivity contribution in [3.05, 3.63) is 68.8 Å². The fourth-order valence-corrected chi connectivity index (χ4v) is 3.81. The third-order valence-corrected chi connectivity index (χ3v) is 5.04. The van der Waals surface area contributed by atoms with Crippen molar-refractivity contribution >= 4 is 28.1 Å². The van der Waals surface area contributed by atoms with Crippen LogP contribution in [0.2, 0.25) is 0 Å². The largest absolute Gasteiger partial charge is 0.269 e. The Morgan fingerprint density at radius 3 is 2.81 bits per heavy atom. The van der Waals surface area contributed by atoms with E-state index in [4.69, 9.17) is 0 Å². The second kappa shape index (κ2) is 5.99. The van der Waals surface area contributed by atoms with Gasteiger partial charge in [-0.05, 0) is 24.6 Å². The van der Waals surface area contributed by atoms with Crippen molar-refractivity contribution in [1.29, 1.82) is 0 Å². The molecule has 0 N–H and O–H groups in total. The molecule has 0 fully saturated rings. The number of aromatic nitrogens is 2. The van der Waals surface area contributed by atoms with E-state index in [-0.39, 0.29) is 11.4 Å². The fourth-order valence-electron chi connectivity index (χ4n) is 2.03. The fraction of sp³-hybridized carbons (Fsp3) is 0.200. The zero-order chi connectivity index (χ0) is 14.8. The highest BCUT2D eigenvalue weighted by Gasteiger charge is 2.06. The lowest BCUT2D eigenvalue weighted by molar-refractivity contribution is 0.627. The van der Waals surface area contributed by atoms with Crippen molar-refractivity contribution in [3.63, 3.8) is 0 Å². The summed E-state index contributed by atoms with van der Waals surface area (Å²) < 4.78 is 14.4. The van der Waals surface area contributed by atoms with Crippen LogP contribution in [0.1, 0.15) is 17.0 Å². The number of fused-ring (bicyclic) bond motifs is 1. The van der Waals surface area contributed by atoms with E-state index in [0.717, 1.165) is 27.7 Å². The van der Waals surface area contributed by atoms with Gasteiger partial charge in [0, 0.05) is 28.6 Å². The minimum absolute atomic E-state index is 0.0314. The molecule has 0 spiro atoms. The molecule has 0 radical (unpaired) electrons. The molecule has 0 saturated carbocycles. The van der Waals surface area contributed by atoms with E-state index >= 15 is 0 Å². The third kappa shape index (κ3) is 3.16. The number of halogens is 1. The standard InChI is InChI=1S/C15H13FN2OS2/c1-10-7-21-15-17-13(6-14(19)18(10)15)9-20-8-11-2-4-12(16)5-3-11/h2-7H,8-9H2,1H3. The summed E-state index contributed by atoms with van der Waals surface area (Å²) >= 11 is 3.14. The van der Waals surface area contributed by atoms with Gasteiger partial charge in [0.05, 0.1) is 5.69 Å². The smallest absolute Gasteiger partial charge is 0.258 e. The Labute approximate surface area is 129 Å². The molecule has 0 aliphatic carbocycles. The average Bonchev–Trinajstić information content (AvgIpc) is 2.83. The van der Waals surface area contributed by atoms with Gasteiger partial charge in [0.2, 0.25) is 0 Å². The second-order valence-corrected chi connectivity index (χ2v) is 6.52. The van der Waals surface area contributed by atoms with Gasteiger partial charge in [0.1, 0.15) is 5.82 Å². The molecule has 0 bridgehead atoms. The van der Waals surface area contributed by atoms with Crippen LogP contribution in [0.15, 0.2) is 40.5 Å². The quantitative estimate of drug-likeness (QED) is 0.736. The van der Waals surface area contributed by atoms with E-state index in [0.29, 0.717) is 5.75 Å². The summed E-state index contributed by atoms with van der Waals surface area (Å²) in [6.07, 6.45) is 0. The summed E-state index contributed by atoms with van der Waals surface area (Å²) in [5, 5.41) is 1.93. The minimum Gasteiger partial charge on any atom is -0.269 e. The molecule has 3 nitrogen and oxygen atoms in total. The topological polar surface area (TPSA) is 34.4 Å². The summed E-state index contributed by atoms with van der Waals surface area (Å²) in [6.45, 7) is 1.90. The summed E-state index contributed by atoms with van der Waals surface area (Å²) in [4.78, 5) is 17.3. The summed E-state index contributed by atoms with van der Waals surface area (Å²) in [7, 11) is 0. The average molecular weight is 320 g/mol. The molecular formula is C15H13FN2OS2. The van der Waals surface area contributed by atoms with E-state index in [2.05, 4.69) is 4.98 Å². The molecule has 108 valence electrons. The van der Waals surface area contributed by atoms with E-state index in [1.807, 2.05) is 12.3 Å². The number of thiazole rings is 1. The first-order valence-electron chi connectivity index (χ1n) is 6.42. The SMILES string of the molecule is Cc1csc2nc(CSCc3ccc(F)cc3)cc(=O)n12. The second-order valence-electron chi connectivity index (χ2n) is 4.70. The van der Waals surface area contributed by atoms with Crippen LogP contribution in [0.4, 0.5) is 4.39 Å². The maximum atomic E-state index is 12.8. The van der Waals surface area contributed by atoms with Crippen molar-refractivity contribution in [2.75, 3.05) is 0 Å². The summed E-state index contributed by atoms with van der Waals surface area (Å²) in [5.74, 6) is 1.21. The Kier molecular flexibility index (Phi) is 4.07. The zero-order valence-electron chi connectivity index (χ0n) is 11.4. The molecule has 0 aliphatic rings. The van der Waals surface area contributed by atoms with Gasteiger partial charge in [-0.1, -0.05) is 12.1 Å². The predicted molar refractivity (Wildman–Crippen MR) is 85.5 cm³/mol. The highest BCUT2D eigenvalue weighted by atomic mass is 32.2. The number of rotatable bonds is 4. The van der Waals surface area contributed by atoms with Crippen LogP contribution in [0.3, 0.4) is 0 Å². The zero-order valence-corrected chi connectivity index (χ0v) is 13.0. The van der Waals surface area contributed by atoms with Crippen LogP contribution < -0.4 is 5.56 Å². The van der Waals surface area contributed by atoms with E-state index in [1.54, 1.807) is 34.4 Å². The number of nitrogens with zero attached hydrogens (tertiary/aromatic N) is 2. The van der Waals surface area contributed by atoms with Crippen molar-refractivity contribution in [2.45, 2.75) is 18.4 Å². The summed E-state index contributed by atoms with van der Waals surface area (Å²) in [6, 6.07) is 8.05. The van der Waals surface area contributed by atoms with Crippen LogP contribution in [-0.4, -0.2) is 9.38 Å². The monoisotopic (exact) mass is 320 g/mol. The van der Waals surface area contributed by atoms with E-state index in [9.17, 15) is 9.18 Å². The molecule has 2 heterocycles. The number of benzene rings is 1. The number of hydrogen-bond acceptors (Lipinski definition) is 4. The molecule has 3 rings (SSSR count). The normalized spacial score (nSPS) is 11.1. The predicted octanol–water partition coefficient (Wildman–Crippen LogP) is 3.64. The van der Waals surface area contributed by atoms with Crippen molar-refractivity contribution < 1.29 is 4.39 Å². The Hall–Kier alpha value is -1.66. The van der Waals surface area contributed by atoms with Crippen LogP contribution in [-0.2, 0) is 11.5 Å². The highest BCUT2D eigenvalue weighted by Crippen LogP contribution is 2.18. The maximum absolute atomic E-state index is 12.8. The van der Waals surface area contributed by atoms with Gasteiger partial charge in [-0.2, -0.15) is 11.8 Å². The van der Waals surface area contributed by atoms with Crippen LogP contribution in [0.5, 0.6) is 0 Å². The molecule has 1 aromatic carbocycles. The Morgan fingerprint density at radius 1 is 1.29 bits per heavy atom. The molecule has 3 aromatic rings. The lowest BCUT2D eigenvalue weighted by Crippen LogP contribution is -2.14. The first-order chi connectivity index (χ1) is 10.1. The van der Waals surface area contributed by atoms with E-state index < -0.39 is 0 Å². The van der Waals surface area contributed by atoms with Gasteiger partial charge in [0.25, 0.3) is 5.56 Å². The maximum Gasteiger partial charge on any atom is 0.258 e. The molecular weight excluding hydrogens is 307 g/mol. The first-order valence-corrected chi connectivity index (χ1v) is 8.46. The number of thioether (sulfide) groups is 1. The minimum atomic E-state index is -0.225. The van der Waals surface area contributed by atoms with Crippen LogP contribution >= 0.6 is 23.1 Å². The van der Waals surface area contributed by atoms with Gasteiger partial charge in [-0.3, -0.25) is 9.20 Å². The van der Waals surface area contributed by atoms with Gasteiger partial charge in [-0.15, -0.1) is 11.3 Å². The Bertz CT molecular complexity index is 824. The lowest BCUT2D eigenvalue weighted by atomic mass is 10.2. The molecule has 0 aliphatic heterocycles. The van der Waals surface area contributed by atoms with Crippen molar-refractivity contribution in [2.24, 2.45) is 0 Å². The molecule has 0 atom stereocenters. The molecule has 21 heavy (non-hydrogen) atoms. The third-order valence-electron chi connectivity index (χ3n) is 3.06. The molecule has 0 saturated heterocycles. The first kappa shape index (κ1) is 14.3. The van der Waals surface area contributed by atoms with Gasteiger partial charge < -0.3 is 0 Å². The highest BCUT2D eigenvalue weighted by molar-refractivity contribution is 7.97. The van der Waals surface area contributed by atoms with Gasteiger partial charge in [0.15, 0.2) is 4.96 Å². The van der Waals surface area contributed by atoms with Gasteiger partial charge in [-0.25, -0.2) is 9.37 Å². The van der Waals surface area contributed by atoms with E-state index in [1.165, 1.54) is 23.5 Å². The van der Waals surface area contributed by atoms with Crippen molar-refractivity contribution in [1.82, 2.24) is 9.38 Å². The van der Waals surface area contributed by atoms with Crippen LogP contribution in [0, 0.1) is 12.7 Å². The molecule has 0 unspecified atom stereocenters. The lowest BCUT2D eigenvalue weighted by Gasteiger charge is -2.03. The molecule has 2 aromatic heterocycles. The Morgan fingerprint density at radius 2 is 2.05 bits per heavy atom. The van der Waals surface area contributed by atoms with Crippen molar-refractivity contribution in [3.8, 4) is 0 Å². The summed E-state index contributed by atoms with van der Waals surface area (Å²) in [5.41, 5.74) is 2.73. The number of aryl methyl sites for hydroxylation is 1. The Balaban J connectivity index is 1.71. The van der Waals surface area contributed by atoms with Gasteiger partial charge >= 0.3 is 0 Å². The number of hydrogen-bond donors (Lipinski definition) is 0. The van der Waals surface area contributed by atoms with Crippen LogP contribution in [0.25, 0.3) is 4.96 Å². The molecule has 6 heteroatoms. The molecule has 0 amide bonds.